The van der Waals surface area contributed by atoms with Crippen molar-refractivity contribution >= 4 is 15.9 Å². The minimum atomic E-state index is -0.745. The van der Waals surface area contributed by atoms with Crippen molar-refractivity contribution in [3.8, 4) is 17.2 Å². The van der Waals surface area contributed by atoms with Gasteiger partial charge in [-0.05, 0) is 53.2 Å². The standard InChI is InChI=1S/C15H14BrFO3/c1-9(18)15-13(19-2)4-3-5-14(15)20-10-6-7-12(17)11(16)8-10/h3-9,18H,1-2H3/t9-/m1/s1. The van der Waals surface area contributed by atoms with Crippen LogP contribution in [0.15, 0.2) is 40.9 Å². The van der Waals surface area contributed by atoms with Crippen LogP contribution in [0.4, 0.5) is 4.39 Å². The number of ether oxygens (including phenoxy) is 2. The molecule has 0 saturated carbocycles. The molecule has 1 atom stereocenters. The van der Waals surface area contributed by atoms with E-state index in [-0.39, 0.29) is 5.82 Å². The number of hydrogen-bond acceptors (Lipinski definition) is 3. The van der Waals surface area contributed by atoms with Crippen molar-refractivity contribution in [1.29, 1.82) is 0 Å². The third-order valence-electron chi connectivity index (χ3n) is 2.78. The third kappa shape index (κ3) is 3.11. The van der Waals surface area contributed by atoms with Crippen LogP contribution in [0.2, 0.25) is 0 Å². The predicted molar refractivity (Wildman–Crippen MR) is 77.8 cm³/mol. The van der Waals surface area contributed by atoms with E-state index >= 15 is 0 Å². The molecule has 0 amide bonds. The molecule has 0 aromatic heterocycles. The lowest BCUT2D eigenvalue weighted by atomic mass is 10.1. The Morgan fingerprint density at radius 2 is 1.90 bits per heavy atom. The lowest BCUT2D eigenvalue weighted by Crippen LogP contribution is -2.00. The van der Waals surface area contributed by atoms with Gasteiger partial charge in [0.25, 0.3) is 0 Å². The summed E-state index contributed by atoms with van der Waals surface area (Å²) in [5.74, 6) is 1.11. The average molecular weight is 341 g/mol. The monoisotopic (exact) mass is 340 g/mol. The van der Waals surface area contributed by atoms with E-state index in [0.717, 1.165) is 0 Å². The van der Waals surface area contributed by atoms with Gasteiger partial charge in [-0.15, -0.1) is 0 Å². The molecule has 0 radical (unpaired) electrons. The maximum atomic E-state index is 13.2. The molecule has 0 heterocycles. The first-order chi connectivity index (χ1) is 9.52. The Kier molecular flexibility index (Phi) is 4.62. The molecule has 20 heavy (non-hydrogen) atoms. The van der Waals surface area contributed by atoms with Gasteiger partial charge in [0.05, 0.1) is 23.2 Å². The van der Waals surface area contributed by atoms with Crippen LogP contribution in [0.25, 0.3) is 0 Å². The molecular formula is C15H14BrFO3. The van der Waals surface area contributed by atoms with E-state index in [4.69, 9.17) is 9.47 Å². The minimum Gasteiger partial charge on any atom is -0.496 e. The summed E-state index contributed by atoms with van der Waals surface area (Å²) in [6.07, 6.45) is -0.745. The molecule has 0 bridgehead atoms. The molecule has 0 aliphatic rings. The summed E-state index contributed by atoms with van der Waals surface area (Å²) in [6.45, 7) is 1.63. The Hall–Kier alpha value is -1.59. The van der Waals surface area contributed by atoms with Crippen molar-refractivity contribution in [2.75, 3.05) is 7.11 Å². The van der Waals surface area contributed by atoms with E-state index in [9.17, 15) is 9.50 Å². The fraction of sp³-hybridized carbons (Fsp3) is 0.200. The molecule has 1 N–H and O–H groups in total. The quantitative estimate of drug-likeness (QED) is 0.893. The van der Waals surface area contributed by atoms with Gasteiger partial charge >= 0.3 is 0 Å². The van der Waals surface area contributed by atoms with Crippen LogP contribution >= 0.6 is 15.9 Å². The van der Waals surface area contributed by atoms with Crippen molar-refractivity contribution < 1.29 is 19.0 Å². The lowest BCUT2D eigenvalue weighted by Gasteiger charge is -2.16. The Morgan fingerprint density at radius 3 is 2.50 bits per heavy atom. The maximum absolute atomic E-state index is 13.2. The summed E-state index contributed by atoms with van der Waals surface area (Å²) in [5.41, 5.74) is 0.551. The summed E-state index contributed by atoms with van der Waals surface area (Å²) >= 11 is 3.11. The molecule has 0 spiro atoms. The number of methoxy groups -OCH3 is 1. The summed E-state index contributed by atoms with van der Waals surface area (Å²) in [5, 5.41) is 9.86. The topological polar surface area (TPSA) is 38.7 Å². The van der Waals surface area contributed by atoms with E-state index in [2.05, 4.69) is 15.9 Å². The van der Waals surface area contributed by atoms with Gasteiger partial charge in [0.15, 0.2) is 0 Å². The molecule has 0 fully saturated rings. The zero-order chi connectivity index (χ0) is 14.7. The fourth-order valence-electron chi connectivity index (χ4n) is 1.87. The lowest BCUT2D eigenvalue weighted by molar-refractivity contribution is 0.190. The molecule has 0 saturated heterocycles. The van der Waals surface area contributed by atoms with Crippen molar-refractivity contribution in [3.63, 3.8) is 0 Å². The molecule has 106 valence electrons. The first-order valence-corrected chi connectivity index (χ1v) is 6.80. The number of aliphatic hydroxyl groups excluding tert-OH is 1. The van der Waals surface area contributed by atoms with Crippen LogP contribution in [-0.2, 0) is 0 Å². The largest absolute Gasteiger partial charge is 0.496 e. The van der Waals surface area contributed by atoms with E-state index in [0.29, 0.717) is 27.3 Å². The second-order valence-electron chi connectivity index (χ2n) is 4.23. The van der Waals surface area contributed by atoms with Gasteiger partial charge in [-0.25, -0.2) is 4.39 Å². The predicted octanol–water partition coefficient (Wildman–Crippen LogP) is 4.44. The molecule has 2 aromatic carbocycles. The Labute approximate surface area is 125 Å². The van der Waals surface area contributed by atoms with Gasteiger partial charge in [-0.3, -0.25) is 0 Å². The maximum Gasteiger partial charge on any atom is 0.137 e. The number of aliphatic hydroxyl groups is 1. The first-order valence-electron chi connectivity index (χ1n) is 6.00. The second-order valence-corrected chi connectivity index (χ2v) is 5.08. The second kappa shape index (κ2) is 6.24. The summed E-state index contributed by atoms with van der Waals surface area (Å²) in [4.78, 5) is 0. The Balaban J connectivity index is 2.40. The normalized spacial score (nSPS) is 12.1. The smallest absolute Gasteiger partial charge is 0.137 e. The van der Waals surface area contributed by atoms with E-state index in [1.165, 1.54) is 25.3 Å². The molecule has 2 aromatic rings. The third-order valence-corrected chi connectivity index (χ3v) is 3.39. The van der Waals surface area contributed by atoms with Gasteiger partial charge in [-0.2, -0.15) is 0 Å². The molecule has 0 unspecified atom stereocenters. The van der Waals surface area contributed by atoms with Crippen LogP contribution in [0.1, 0.15) is 18.6 Å². The highest BCUT2D eigenvalue weighted by molar-refractivity contribution is 9.10. The Bertz CT molecular complexity index is 614. The summed E-state index contributed by atoms with van der Waals surface area (Å²) in [7, 11) is 1.53. The van der Waals surface area contributed by atoms with Gasteiger partial charge in [-0.1, -0.05) is 6.07 Å². The van der Waals surface area contributed by atoms with Crippen molar-refractivity contribution in [2.24, 2.45) is 0 Å². The van der Waals surface area contributed by atoms with Crippen LogP contribution in [0, 0.1) is 5.82 Å². The van der Waals surface area contributed by atoms with Gasteiger partial charge < -0.3 is 14.6 Å². The molecule has 0 aliphatic heterocycles. The zero-order valence-electron chi connectivity index (χ0n) is 11.1. The fourth-order valence-corrected chi connectivity index (χ4v) is 2.23. The van der Waals surface area contributed by atoms with E-state index in [1.807, 2.05) is 0 Å². The van der Waals surface area contributed by atoms with Crippen LogP contribution in [0.3, 0.4) is 0 Å². The molecule has 5 heteroatoms. The summed E-state index contributed by atoms with van der Waals surface area (Å²) < 4.78 is 24.4. The molecule has 2 rings (SSSR count). The average Bonchev–Trinajstić information content (AvgIpc) is 2.42. The van der Waals surface area contributed by atoms with Crippen LogP contribution in [-0.4, -0.2) is 12.2 Å². The molecular weight excluding hydrogens is 327 g/mol. The minimum absolute atomic E-state index is 0.316. The molecule has 3 nitrogen and oxygen atoms in total. The number of rotatable bonds is 4. The molecule has 0 aliphatic carbocycles. The van der Waals surface area contributed by atoms with Crippen molar-refractivity contribution in [1.82, 2.24) is 0 Å². The van der Waals surface area contributed by atoms with Gasteiger partial charge in [0.1, 0.15) is 23.1 Å². The number of benzene rings is 2. The Morgan fingerprint density at radius 1 is 1.20 bits per heavy atom. The van der Waals surface area contributed by atoms with E-state index < -0.39 is 6.10 Å². The van der Waals surface area contributed by atoms with Gasteiger partial charge in [0.2, 0.25) is 0 Å². The van der Waals surface area contributed by atoms with Crippen molar-refractivity contribution in [3.05, 3.63) is 52.3 Å². The SMILES string of the molecule is COc1cccc(Oc2ccc(F)c(Br)c2)c1[C@@H](C)O. The highest BCUT2D eigenvalue weighted by Crippen LogP contribution is 2.37. The van der Waals surface area contributed by atoms with Crippen LogP contribution in [0.5, 0.6) is 17.2 Å². The summed E-state index contributed by atoms with van der Waals surface area (Å²) in [6, 6.07) is 9.59. The first kappa shape index (κ1) is 14.8. The highest BCUT2D eigenvalue weighted by Gasteiger charge is 2.16. The van der Waals surface area contributed by atoms with E-state index in [1.54, 1.807) is 25.1 Å². The van der Waals surface area contributed by atoms with Crippen LogP contribution < -0.4 is 9.47 Å². The van der Waals surface area contributed by atoms with Gasteiger partial charge in [0, 0.05) is 0 Å². The zero-order valence-corrected chi connectivity index (χ0v) is 12.6. The number of halogens is 2. The van der Waals surface area contributed by atoms with Crippen molar-refractivity contribution in [2.45, 2.75) is 13.0 Å². The number of hydrogen-bond donors (Lipinski definition) is 1. The highest BCUT2D eigenvalue weighted by atomic mass is 79.9.